The lowest BCUT2D eigenvalue weighted by atomic mass is 10.1. The molecule has 1 heterocycles. The lowest BCUT2D eigenvalue weighted by molar-refractivity contribution is -0.121. The molecular formula is C9H14N2O2. The van der Waals surface area contributed by atoms with Crippen molar-refractivity contribution in [3.63, 3.8) is 0 Å². The first kappa shape index (κ1) is 8.53. The molecule has 2 fully saturated rings. The van der Waals surface area contributed by atoms with E-state index in [4.69, 9.17) is 0 Å². The van der Waals surface area contributed by atoms with E-state index in [1.54, 1.807) is 4.90 Å². The third kappa shape index (κ3) is 1.41. The fraction of sp³-hybridized carbons (Fsp3) is 0.778. The van der Waals surface area contributed by atoms with Crippen LogP contribution in [0.25, 0.3) is 0 Å². The molecular weight excluding hydrogens is 168 g/mol. The second kappa shape index (κ2) is 2.47. The maximum Gasteiger partial charge on any atom is 0.324 e. The predicted molar refractivity (Wildman–Crippen MR) is 47.0 cm³/mol. The Bertz CT molecular complexity index is 273. The summed E-state index contributed by atoms with van der Waals surface area (Å²) in [5.74, 6) is -0.153. The van der Waals surface area contributed by atoms with Gasteiger partial charge in [-0.05, 0) is 11.8 Å². The van der Waals surface area contributed by atoms with E-state index in [0.29, 0.717) is 19.0 Å². The Labute approximate surface area is 77.3 Å². The number of hydrogen-bond donors (Lipinski definition) is 1. The molecule has 2 rings (SSSR count). The molecule has 13 heavy (non-hydrogen) atoms. The van der Waals surface area contributed by atoms with Gasteiger partial charge in [0.2, 0.25) is 5.91 Å². The number of nitrogens with one attached hydrogen (secondary N) is 1. The molecule has 0 spiro atoms. The molecule has 1 aliphatic heterocycles. The molecule has 1 saturated heterocycles. The lowest BCUT2D eigenvalue weighted by Gasteiger charge is -2.27. The smallest absolute Gasteiger partial charge is 0.320 e. The quantitative estimate of drug-likeness (QED) is 0.649. The number of hydrogen-bond acceptors (Lipinski definition) is 2. The Kier molecular flexibility index (Phi) is 1.62. The minimum Gasteiger partial charge on any atom is -0.320 e. The number of rotatable bonds is 1. The standard InChI is InChI=1S/C9H14N2O2/c1-9(2)5-6(9)11-4-3-7(12)10-8(11)13/h6H,3-5H2,1-2H3,(H,10,12,13). The predicted octanol–water partition coefficient (Wildman–Crippen LogP) is 0.727. The van der Waals surface area contributed by atoms with Gasteiger partial charge in [0.1, 0.15) is 0 Å². The van der Waals surface area contributed by atoms with Gasteiger partial charge in [0.05, 0.1) is 0 Å². The molecule has 72 valence electrons. The summed E-state index contributed by atoms with van der Waals surface area (Å²) in [7, 11) is 0. The lowest BCUT2D eigenvalue weighted by Crippen LogP contribution is -2.51. The summed E-state index contributed by atoms with van der Waals surface area (Å²) in [6.45, 7) is 4.86. The summed E-state index contributed by atoms with van der Waals surface area (Å²) in [5, 5.41) is 2.34. The monoisotopic (exact) mass is 182 g/mol. The molecule has 1 N–H and O–H groups in total. The highest BCUT2D eigenvalue weighted by atomic mass is 16.2. The topological polar surface area (TPSA) is 49.4 Å². The van der Waals surface area contributed by atoms with E-state index in [1.807, 2.05) is 0 Å². The van der Waals surface area contributed by atoms with E-state index in [2.05, 4.69) is 19.2 Å². The van der Waals surface area contributed by atoms with Crippen LogP contribution in [-0.4, -0.2) is 29.4 Å². The van der Waals surface area contributed by atoms with Crippen LogP contribution in [-0.2, 0) is 4.79 Å². The molecule has 0 aromatic rings. The molecule has 1 aliphatic carbocycles. The number of urea groups is 1. The van der Waals surface area contributed by atoms with Crippen LogP contribution >= 0.6 is 0 Å². The molecule has 1 saturated carbocycles. The molecule has 4 heteroatoms. The van der Waals surface area contributed by atoms with Gasteiger partial charge >= 0.3 is 6.03 Å². The van der Waals surface area contributed by atoms with Crippen molar-refractivity contribution in [1.82, 2.24) is 10.2 Å². The second-order valence-electron chi connectivity index (χ2n) is 4.51. The van der Waals surface area contributed by atoms with Crippen LogP contribution in [0.15, 0.2) is 0 Å². The number of carbonyl (C=O) groups excluding carboxylic acids is 2. The normalized spacial score (nSPS) is 31.5. The summed E-state index contributed by atoms with van der Waals surface area (Å²) >= 11 is 0. The number of nitrogens with zero attached hydrogens (tertiary/aromatic N) is 1. The van der Waals surface area contributed by atoms with Gasteiger partial charge in [-0.1, -0.05) is 13.8 Å². The maximum atomic E-state index is 11.4. The van der Waals surface area contributed by atoms with Gasteiger partial charge in [-0.2, -0.15) is 0 Å². The van der Waals surface area contributed by atoms with Crippen LogP contribution in [0.4, 0.5) is 4.79 Å². The van der Waals surface area contributed by atoms with Crippen LogP contribution < -0.4 is 5.32 Å². The number of carbonyl (C=O) groups is 2. The van der Waals surface area contributed by atoms with Crippen molar-refractivity contribution in [3.05, 3.63) is 0 Å². The fourth-order valence-corrected chi connectivity index (χ4v) is 1.85. The molecule has 1 unspecified atom stereocenters. The van der Waals surface area contributed by atoms with Crippen molar-refractivity contribution in [3.8, 4) is 0 Å². The first-order valence-electron chi connectivity index (χ1n) is 4.61. The van der Waals surface area contributed by atoms with Crippen molar-refractivity contribution in [1.29, 1.82) is 0 Å². The van der Waals surface area contributed by atoms with E-state index in [1.165, 1.54) is 0 Å². The van der Waals surface area contributed by atoms with Crippen LogP contribution in [0.5, 0.6) is 0 Å². The average molecular weight is 182 g/mol. The van der Waals surface area contributed by atoms with Gasteiger partial charge in [-0.15, -0.1) is 0 Å². The van der Waals surface area contributed by atoms with Crippen LogP contribution in [0.2, 0.25) is 0 Å². The molecule has 4 nitrogen and oxygen atoms in total. The molecule has 0 bridgehead atoms. The van der Waals surface area contributed by atoms with E-state index in [0.717, 1.165) is 6.42 Å². The van der Waals surface area contributed by atoms with Crippen molar-refractivity contribution in [2.75, 3.05) is 6.54 Å². The van der Waals surface area contributed by atoms with Gasteiger partial charge in [0.25, 0.3) is 0 Å². The highest BCUT2D eigenvalue weighted by Gasteiger charge is 2.51. The summed E-state index contributed by atoms with van der Waals surface area (Å²) in [6, 6.07) is 0.118. The van der Waals surface area contributed by atoms with E-state index >= 15 is 0 Å². The third-order valence-corrected chi connectivity index (χ3v) is 2.92. The Morgan fingerprint density at radius 3 is 2.54 bits per heavy atom. The van der Waals surface area contributed by atoms with Crippen LogP contribution in [0.1, 0.15) is 26.7 Å². The summed E-state index contributed by atoms with van der Waals surface area (Å²) < 4.78 is 0. The molecule has 2 aliphatic rings. The summed E-state index contributed by atoms with van der Waals surface area (Å²) in [4.78, 5) is 24.0. The molecule has 0 aromatic heterocycles. The first-order chi connectivity index (χ1) is 6.00. The van der Waals surface area contributed by atoms with Crippen molar-refractivity contribution >= 4 is 11.9 Å². The largest absolute Gasteiger partial charge is 0.324 e. The van der Waals surface area contributed by atoms with E-state index in [9.17, 15) is 9.59 Å². The Morgan fingerprint density at radius 1 is 1.46 bits per heavy atom. The summed E-state index contributed by atoms with van der Waals surface area (Å²) in [6.07, 6.45) is 1.49. The van der Waals surface area contributed by atoms with Gasteiger partial charge in [-0.25, -0.2) is 4.79 Å². The van der Waals surface area contributed by atoms with Gasteiger partial charge in [0, 0.05) is 19.0 Å². The molecule has 1 atom stereocenters. The maximum absolute atomic E-state index is 11.4. The number of amides is 3. The number of imide groups is 1. The second-order valence-corrected chi connectivity index (χ2v) is 4.51. The van der Waals surface area contributed by atoms with Gasteiger partial charge in [0.15, 0.2) is 0 Å². The zero-order valence-electron chi connectivity index (χ0n) is 7.96. The Balaban J connectivity index is 2.02. The fourth-order valence-electron chi connectivity index (χ4n) is 1.85. The zero-order chi connectivity index (χ0) is 9.64. The SMILES string of the molecule is CC1(C)CC1N1CCC(=O)NC1=O. The van der Waals surface area contributed by atoms with Crippen LogP contribution in [0.3, 0.4) is 0 Å². The third-order valence-electron chi connectivity index (χ3n) is 2.92. The van der Waals surface area contributed by atoms with Crippen molar-refractivity contribution < 1.29 is 9.59 Å². The molecule has 0 aromatic carbocycles. The van der Waals surface area contributed by atoms with Gasteiger partial charge in [-0.3, -0.25) is 10.1 Å². The molecule has 0 radical (unpaired) electrons. The van der Waals surface area contributed by atoms with Gasteiger partial charge < -0.3 is 4.90 Å². The average Bonchev–Trinajstić information content (AvgIpc) is 2.59. The minimum absolute atomic E-state index is 0.153. The van der Waals surface area contributed by atoms with Crippen molar-refractivity contribution in [2.24, 2.45) is 5.41 Å². The van der Waals surface area contributed by atoms with E-state index < -0.39 is 0 Å². The molecule has 3 amide bonds. The zero-order valence-corrected chi connectivity index (χ0v) is 7.96. The highest BCUT2D eigenvalue weighted by Crippen LogP contribution is 2.48. The Hall–Kier alpha value is -1.06. The minimum atomic E-state index is -0.216. The highest BCUT2D eigenvalue weighted by molar-refractivity contribution is 5.96. The first-order valence-corrected chi connectivity index (χ1v) is 4.61. The van der Waals surface area contributed by atoms with Crippen molar-refractivity contribution in [2.45, 2.75) is 32.7 Å². The van der Waals surface area contributed by atoms with Crippen LogP contribution in [0, 0.1) is 5.41 Å². The van der Waals surface area contributed by atoms with E-state index in [-0.39, 0.29) is 17.4 Å². The Morgan fingerprint density at radius 2 is 2.08 bits per heavy atom. The summed E-state index contributed by atoms with van der Waals surface area (Å²) in [5.41, 5.74) is 0.248.